The number of hydrogen-bond donors (Lipinski definition) is 2. The van der Waals surface area contributed by atoms with Crippen LogP contribution in [0.15, 0.2) is 71.7 Å². The van der Waals surface area contributed by atoms with Crippen molar-refractivity contribution in [2.75, 3.05) is 25.7 Å². The number of benzene rings is 2. The second kappa shape index (κ2) is 14.1. The summed E-state index contributed by atoms with van der Waals surface area (Å²) in [5.41, 5.74) is 13.4. The maximum absolute atomic E-state index is 10.7. The lowest BCUT2D eigenvalue weighted by Crippen LogP contribution is -1.94. The molecule has 0 aliphatic carbocycles. The quantitative estimate of drug-likeness (QED) is 0.431. The summed E-state index contributed by atoms with van der Waals surface area (Å²) in [6.07, 6.45) is 4.08. The summed E-state index contributed by atoms with van der Waals surface area (Å²) in [6.45, 7) is 3.16. The number of methoxy groups -OCH3 is 2. The average molecular weight is 435 g/mol. The Kier molecular flexibility index (Phi) is 12.5. The van der Waals surface area contributed by atoms with Gasteiger partial charge in [0.25, 0.3) is 0 Å². The highest BCUT2D eigenvalue weighted by atomic mass is 79.9. The van der Waals surface area contributed by atoms with Crippen LogP contribution >= 0.6 is 15.9 Å². The molecule has 0 atom stereocenters. The standard InChI is InChI=1S/C10H11NO2.C6H6BrN.C4H6O2/c1-13-10(12)7-6-8-4-2-3-5-9(8)11;7-5-3-1-2-4-6(5)8;1-3-4(5)6-2/h2-7H,11H2,1H3;1-4H,8H2;3H,1H2,2H3/b7-6+;;. The van der Waals surface area contributed by atoms with Crippen molar-refractivity contribution in [3.63, 3.8) is 0 Å². The van der Waals surface area contributed by atoms with E-state index in [1.54, 1.807) is 12.1 Å². The van der Waals surface area contributed by atoms with E-state index in [0.29, 0.717) is 5.69 Å². The van der Waals surface area contributed by atoms with Gasteiger partial charge in [-0.3, -0.25) is 0 Å². The number of para-hydroxylation sites is 2. The molecular formula is C20H23BrN2O4. The van der Waals surface area contributed by atoms with Crippen LogP contribution in [0.1, 0.15) is 5.56 Å². The first kappa shape index (κ1) is 23.9. The van der Waals surface area contributed by atoms with Crippen LogP contribution in [0.5, 0.6) is 0 Å². The number of anilines is 2. The fourth-order valence-corrected chi connectivity index (χ4v) is 1.73. The van der Waals surface area contributed by atoms with Crippen molar-refractivity contribution >= 4 is 45.3 Å². The van der Waals surface area contributed by atoms with Crippen LogP contribution in [-0.2, 0) is 19.1 Å². The van der Waals surface area contributed by atoms with E-state index >= 15 is 0 Å². The highest BCUT2D eigenvalue weighted by molar-refractivity contribution is 9.10. The van der Waals surface area contributed by atoms with Crippen LogP contribution in [0.25, 0.3) is 6.08 Å². The van der Waals surface area contributed by atoms with Gasteiger partial charge in [0, 0.05) is 28.0 Å². The van der Waals surface area contributed by atoms with Gasteiger partial charge >= 0.3 is 11.9 Å². The first-order valence-electron chi connectivity index (χ1n) is 7.66. The van der Waals surface area contributed by atoms with Crippen molar-refractivity contribution in [3.05, 3.63) is 77.3 Å². The fraction of sp³-hybridized carbons (Fsp3) is 0.100. The van der Waals surface area contributed by atoms with Gasteiger partial charge in [0.1, 0.15) is 0 Å². The normalized spacial score (nSPS) is 9.15. The Bertz CT molecular complexity index is 755. The molecule has 0 saturated heterocycles. The average Bonchev–Trinajstić information content (AvgIpc) is 2.69. The number of carbonyl (C=O) groups is 2. The van der Waals surface area contributed by atoms with E-state index in [-0.39, 0.29) is 5.97 Å². The zero-order chi connectivity index (χ0) is 20.7. The second-order valence-corrected chi connectivity index (χ2v) is 5.59. The molecule has 6 nitrogen and oxygen atoms in total. The predicted molar refractivity (Wildman–Crippen MR) is 113 cm³/mol. The van der Waals surface area contributed by atoms with Crippen LogP contribution in [0, 0.1) is 0 Å². The van der Waals surface area contributed by atoms with Crippen LogP contribution in [0.3, 0.4) is 0 Å². The van der Waals surface area contributed by atoms with Gasteiger partial charge in [0.05, 0.1) is 14.2 Å². The molecule has 2 aromatic rings. The van der Waals surface area contributed by atoms with E-state index < -0.39 is 5.97 Å². The van der Waals surface area contributed by atoms with Gasteiger partial charge in [-0.15, -0.1) is 0 Å². The molecule has 0 aromatic heterocycles. The Hall–Kier alpha value is -3.06. The molecule has 0 heterocycles. The van der Waals surface area contributed by atoms with E-state index in [0.717, 1.165) is 21.8 Å². The zero-order valence-corrected chi connectivity index (χ0v) is 16.8. The summed E-state index contributed by atoms with van der Waals surface area (Å²) < 4.78 is 9.55. The van der Waals surface area contributed by atoms with Crippen molar-refractivity contribution in [3.8, 4) is 0 Å². The van der Waals surface area contributed by atoms with E-state index in [1.807, 2.05) is 42.5 Å². The van der Waals surface area contributed by atoms with E-state index in [1.165, 1.54) is 20.3 Å². The van der Waals surface area contributed by atoms with Gasteiger partial charge in [-0.2, -0.15) is 0 Å². The SMILES string of the molecule is C=CC(=O)OC.COC(=O)/C=C/c1ccccc1N.Nc1ccccc1Br. The summed E-state index contributed by atoms with van der Waals surface area (Å²) in [4.78, 5) is 20.6. The van der Waals surface area contributed by atoms with Crippen molar-refractivity contribution in [2.24, 2.45) is 0 Å². The van der Waals surface area contributed by atoms with Crippen molar-refractivity contribution in [1.82, 2.24) is 0 Å². The second-order valence-electron chi connectivity index (χ2n) is 4.73. The van der Waals surface area contributed by atoms with Crippen LogP contribution in [-0.4, -0.2) is 26.2 Å². The van der Waals surface area contributed by atoms with Crippen LogP contribution < -0.4 is 11.5 Å². The van der Waals surface area contributed by atoms with E-state index in [4.69, 9.17) is 11.5 Å². The fourth-order valence-electron chi connectivity index (χ4n) is 1.45. The summed E-state index contributed by atoms with van der Waals surface area (Å²) in [6, 6.07) is 14.9. The Morgan fingerprint density at radius 3 is 1.81 bits per heavy atom. The Labute approximate surface area is 167 Å². The molecule has 4 N–H and O–H groups in total. The minimum absolute atomic E-state index is 0.386. The number of rotatable bonds is 3. The molecule has 0 spiro atoms. The Morgan fingerprint density at radius 2 is 1.44 bits per heavy atom. The lowest BCUT2D eigenvalue weighted by atomic mass is 10.2. The van der Waals surface area contributed by atoms with Crippen LogP contribution in [0.2, 0.25) is 0 Å². The molecule has 2 rings (SSSR count). The van der Waals surface area contributed by atoms with Gasteiger partial charge in [0.2, 0.25) is 0 Å². The van der Waals surface area contributed by atoms with E-state index in [2.05, 4.69) is 32.0 Å². The molecule has 0 aliphatic rings. The Morgan fingerprint density at radius 1 is 0.926 bits per heavy atom. The predicted octanol–water partition coefficient (Wildman–Crippen LogP) is 3.83. The highest BCUT2D eigenvalue weighted by Gasteiger charge is 1.94. The van der Waals surface area contributed by atoms with Gasteiger partial charge in [-0.05, 0) is 45.8 Å². The maximum atomic E-state index is 10.7. The molecule has 0 fully saturated rings. The number of nitrogen functional groups attached to an aromatic ring is 2. The largest absolute Gasteiger partial charge is 0.466 e. The van der Waals surface area contributed by atoms with Gasteiger partial charge in [-0.25, -0.2) is 9.59 Å². The molecule has 0 amide bonds. The number of carbonyl (C=O) groups excluding carboxylic acids is 2. The number of halogens is 1. The first-order valence-corrected chi connectivity index (χ1v) is 8.45. The third kappa shape index (κ3) is 11.2. The smallest absolute Gasteiger partial charge is 0.330 e. The molecular weight excluding hydrogens is 412 g/mol. The molecule has 0 saturated carbocycles. The van der Waals surface area contributed by atoms with Crippen LogP contribution in [0.4, 0.5) is 11.4 Å². The summed E-state index contributed by atoms with van der Waals surface area (Å²) >= 11 is 3.27. The lowest BCUT2D eigenvalue weighted by molar-refractivity contribution is -0.135. The van der Waals surface area contributed by atoms with Crippen molar-refractivity contribution < 1.29 is 19.1 Å². The molecule has 2 aromatic carbocycles. The molecule has 0 bridgehead atoms. The van der Waals surface area contributed by atoms with Gasteiger partial charge < -0.3 is 20.9 Å². The molecule has 0 aliphatic heterocycles. The molecule has 0 radical (unpaired) electrons. The monoisotopic (exact) mass is 434 g/mol. The number of esters is 2. The minimum Gasteiger partial charge on any atom is -0.466 e. The highest BCUT2D eigenvalue weighted by Crippen LogP contribution is 2.16. The first-order chi connectivity index (χ1) is 12.8. The summed E-state index contributed by atoms with van der Waals surface area (Å²) in [5.74, 6) is -0.779. The van der Waals surface area contributed by atoms with Gasteiger partial charge in [0.15, 0.2) is 0 Å². The molecule has 0 unspecified atom stereocenters. The topological polar surface area (TPSA) is 105 Å². The Balaban J connectivity index is 0.000000413. The number of hydrogen-bond acceptors (Lipinski definition) is 6. The summed E-state index contributed by atoms with van der Waals surface area (Å²) in [5, 5.41) is 0. The third-order valence-corrected chi connectivity index (χ3v) is 3.59. The van der Waals surface area contributed by atoms with Gasteiger partial charge in [-0.1, -0.05) is 36.9 Å². The molecule has 7 heteroatoms. The van der Waals surface area contributed by atoms with Crippen molar-refractivity contribution in [2.45, 2.75) is 0 Å². The minimum atomic E-state index is -0.394. The van der Waals surface area contributed by atoms with Crippen molar-refractivity contribution in [1.29, 1.82) is 0 Å². The zero-order valence-electron chi connectivity index (χ0n) is 15.2. The summed E-state index contributed by atoms with van der Waals surface area (Å²) in [7, 11) is 2.64. The number of nitrogens with two attached hydrogens (primary N) is 2. The third-order valence-electron chi connectivity index (χ3n) is 2.87. The number of ether oxygens (including phenoxy) is 2. The molecule has 27 heavy (non-hydrogen) atoms. The molecule has 144 valence electrons. The lowest BCUT2D eigenvalue weighted by Gasteiger charge is -1.97. The maximum Gasteiger partial charge on any atom is 0.330 e. The van der Waals surface area contributed by atoms with E-state index in [9.17, 15) is 9.59 Å².